The Kier molecular flexibility index (Phi) is 5.27. The first-order chi connectivity index (χ1) is 12.3. The van der Waals surface area contributed by atoms with E-state index >= 15 is 0 Å². The van der Waals surface area contributed by atoms with Gasteiger partial charge in [0.25, 0.3) is 10.8 Å². The predicted molar refractivity (Wildman–Crippen MR) is 90.6 cm³/mol. The highest BCUT2D eigenvalue weighted by molar-refractivity contribution is 7.99. The van der Waals surface area contributed by atoms with E-state index in [-0.39, 0.29) is 46.9 Å². The molecule has 2 N–H and O–H groups in total. The van der Waals surface area contributed by atoms with Crippen LogP contribution in [-0.4, -0.2) is 57.4 Å². The van der Waals surface area contributed by atoms with Gasteiger partial charge in [0.2, 0.25) is 11.8 Å². The molecule has 3 rings (SSSR count). The van der Waals surface area contributed by atoms with E-state index in [0.717, 1.165) is 11.8 Å². The smallest absolute Gasteiger partial charge is 0.328 e. The molecule has 0 saturated carbocycles. The molecule has 1 saturated heterocycles. The minimum Gasteiger partial charge on any atom is -0.414 e. The van der Waals surface area contributed by atoms with E-state index in [2.05, 4.69) is 20.5 Å². The molecule has 13 heteroatoms. The summed E-state index contributed by atoms with van der Waals surface area (Å²) in [5.74, 6) is -0.140. The summed E-state index contributed by atoms with van der Waals surface area (Å²) in [5, 5.41) is 10.3. The van der Waals surface area contributed by atoms with Crippen molar-refractivity contribution in [2.45, 2.75) is 24.2 Å². The van der Waals surface area contributed by atoms with Crippen molar-refractivity contribution in [3.05, 3.63) is 39.0 Å². The van der Waals surface area contributed by atoms with Gasteiger partial charge in [0.15, 0.2) is 9.84 Å². The van der Waals surface area contributed by atoms with Gasteiger partial charge in [0.1, 0.15) is 6.54 Å². The summed E-state index contributed by atoms with van der Waals surface area (Å²) in [7, 11) is -3.05. The van der Waals surface area contributed by atoms with Crippen LogP contribution in [0.3, 0.4) is 0 Å². The van der Waals surface area contributed by atoms with Crippen LogP contribution in [0.25, 0.3) is 0 Å². The van der Waals surface area contributed by atoms with E-state index in [1.54, 1.807) is 0 Å². The molecule has 1 atom stereocenters. The Balaban J connectivity index is 1.51. The van der Waals surface area contributed by atoms with Crippen molar-refractivity contribution < 1.29 is 17.6 Å². The molecule has 2 aromatic rings. The number of nitrogens with zero attached hydrogens (tertiary/aromatic N) is 3. The molecule has 1 unspecified atom stereocenters. The minimum atomic E-state index is -3.05. The number of carbonyl (C=O) groups excluding carboxylic acids is 1. The Morgan fingerprint density at radius 2 is 2.23 bits per heavy atom. The lowest BCUT2D eigenvalue weighted by Crippen LogP contribution is -2.36. The largest absolute Gasteiger partial charge is 0.414 e. The van der Waals surface area contributed by atoms with E-state index in [1.807, 2.05) is 0 Å². The first-order valence-corrected chi connectivity index (χ1v) is 10.4. The van der Waals surface area contributed by atoms with Gasteiger partial charge in [-0.2, -0.15) is 0 Å². The first kappa shape index (κ1) is 18.4. The Morgan fingerprint density at radius 3 is 2.92 bits per heavy atom. The van der Waals surface area contributed by atoms with Crippen molar-refractivity contribution in [1.29, 1.82) is 0 Å². The Labute approximate surface area is 151 Å². The van der Waals surface area contributed by atoms with Crippen LogP contribution in [-0.2, 0) is 21.2 Å². The van der Waals surface area contributed by atoms with Gasteiger partial charge >= 0.3 is 5.69 Å². The third-order valence-electron chi connectivity index (χ3n) is 3.58. The molecule has 11 nitrogen and oxygen atoms in total. The minimum absolute atomic E-state index is 0.00319. The molecule has 0 aromatic carbocycles. The first-order valence-electron chi connectivity index (χ1n) is 7.55. The average molecular weight is 401 g/mol. The fourth-order valence-electron chi connectivity index (χ4n) is 2.38. The second kappa shape index (κ2) is 7.45. The normalized spacial score (nSPS) is 18.7. The summed E-state index contributed by atoms with van der Waals surface area (Å²) in [4.78, 5) is 36.6. The number of sulfone groups is 1. The summed E-state index contributed by atoms with van der Waals surface area (Å²) in [6, 6.07) is 0.833. The summed E-state index contributed by atoms with van der Waals surface area (Å²) >= 11 is 1.00. The molecule has 0 aliphatic carbocycles. The third kappa shape index (κ3) is 4.82. The number of hydrogen-bond acceptors (Lipinski definition) is 9. The lowest BCUT2D eigenvalue weighted by Gasteiger charge is -2.09. The van der Waals surface area contributed by atoms with Crippen LogP contribution in [0, 0.1) is 0 Å². The highest BCUT2D eigenvalue weighted by atomic mass is 32.2. The van der Waals surface area contributed by atoms with Crippen LogP contribution in [0.15, 0.2) is 31.5 Å². The van der Waals surface area contributed by atoms with Crippen molar-refractivity contribution in [2.75, 3.05) is 17.3 Å². The number of nitrogens with one attached hydrogen (secondary N) is 2. The molecule has 1 fully saturated rings. The number of hydrogen-bond donors (Lipinski definition) is 2. The monoisotopic (exact) mass is 401 g/mol. The van der Waals surface area contributed by atoms with E-state index in [0.29, 0.717) is 6.42 Å². The molecule has 1 aliphatic heterocycles. The maximum Gasteiger partial charge on any atom is 0.328 e. The molecule has 2 aromatic heterocycles. The van der Waals surface area contributed by atoms with Crippen LogP contribution in [0.1, 0.15) is 12.3 Å². The SMILES string of the molecule is O=C(CSc1nnc(Cn2ccc(=O)[nH]c2=O)o1)NC1CCS(=O)(=O)C1. The molecule has 1 amide bonds. The maximum absolute atomic E-state index is 11.9. The van der Waals surface area contributed by atoms with Crippen LogP contribution in [0.5, 0.6) is 0 Å². The zero-order chi connectivity index (χ0) is 18.7. The van der Waals surface area contributed by atoms with Gasteiger partial charge < -0.3 is 9.73 Å². The van der Waals surface area contributed by atoms with Gasteiger partial charge in [-0.3, -0.25) is 19.1 Å². The number of aromatic nitrogens is 4. The molecule has 0 radical (unpaired) electrons. The molecule has 0 spiro atoms. The van der Waals surface area contributed by atoms with Crippen LogP contribution < -0.4 is 16.6 Å². The molecule has 140 valence electrons. The van der Waals surface area contributed by atoms with Gasteiger partial charge in [-0.1, -0.05) is 11.8 Å². The highest BCUT2D eigenvalue weighted by Crippen LogP contribution is 2.17. The number of rotatable bonds is 6. The topological polar surface area (TPSA) is 157 Å². The summed E-state index contributed by atoms with van der Waals surface area (Å²) in [6.07, 6.45) is 1.72. The summed E-state index contributed by atoms with van der Waals surface area (Å²) < 4.78 is 29.3. The number of aromatic amines is 1. The Hall–Kier alpha value is -2.41. The van der Waals surface area contributed by atoms with E-state index in [1.165, 1.54) is 16.8 Å². The standard InChI is InChI=1S/C13H15N5O6S2/c19-9-1-3-18(12(21)15-9)5-11-16-17-13(24-11)25-6-10(20)14-8-2-4-26(22,23)7-8/h1,3,8H,2,4-7H2,(H,14,20)(H,15,19,21). The quantitative estimate of drug-likeness (QED) is 0.542. The van der Waals surface area contributed by atoms with Crippen molar-refractivity contribution in [1.82, 2.24) is 25.1 Å². The maximum atomic E-state index is 11.9. The third-order valence-corrected chi connectivity index (χ3v) is 6.16. The molecule has 26 heavy (non-hydrogen) atoms. The lowest BCUT2D eigenvalue weighted by atomic mass is 10.3. The van der Waals surface area contributed by atoms with Gasteiger partial charge in [0.05, 0.1) is 17.3 Å². The van der Waals surface area contributed by atoms with Crippen LogP contribution >= 0.6 is 11.8 Å². The van der Waals surface area contributed by atoms with Gasteiger partial charge in [0, 0.05) is 18.3 Å². The lowest BCUT2D eigenvalue weighted by molar-refractivity contribution is -0.119. The number of amides is 1. The van der Waals surface area contributed by atoms with Crippen LogP contribution in [0.4, 0.5) is 0 Å². The van der Waals surface area contributed by atoms with E-state index < -0.39 is 21.1 Å². The van der Waals surface area contributed by atoms with Gasteiger partial charge in [-0.15, -0.1) is 10.2 Å². The highest BCUT2D eigenvalue weighted by Gasteiger charge is 2.28. The van der Waals surface area contributed by atoms with Gasteiger partial charge in [-0.25, -0.2) is 13.2 Å². The fraction of sp³-hybridized carbons (Fsp3) is 0.462. The molecular formula is C13H15N5O6S2. The fourth-order valence-corrected chi connectivity index (χ4v) is 4.65. The second-order valence-electron chi connectivity index (χ2n) is 5.66. The molecule has 3 heterocycles. The van der Waals surface area contributed by atoms with Crippen molar-refractivity contribution >= 4 is 27.5 Å². The molecule has 1 aliphatic rings. The average Bonchev–Trinajstić information content (AvgIpc) is 3.14. The second-order valence-corrected chi connectivity index (χ2v) is 8.81. The molecule has 0 bridgehead atoms. The zero-order valence-electron chi connectivity index (χ0n) is 13.4. The number of carbonyl (C=O) groups is 1. The summed E-state index contributed by atoms with van der Waals surface area (Å²) in [6.45, 7) is -0.0185. The van der Waals surface area contributed by atoms with Gasteiger partial charge in [-0.05, 0) is 6.42 Å². The van der Waals surface area contributed by atoms with Crippen molar-refractivity contribution in [2.24, 2.45) is 0 Å². The van der Waals surface area contributed by atoms with Crippen molar-refractivity contribution in [3.8, 4) is 0 Å². The predicted octanol–water partition coefficient (Wildman–Crippen LogP) is -1.64. The van der Waals surface area contributed by atoms with Crippen LogP contribution in [0.2, 0.25) is 0 Å². The van der Waals surface area contributed by atoms with E-state index in [9.17, 15) is 22.8 Å². The Morgan fingerprint density at radius 1 is 1.42 bits per heavy atom. The van der Waals surface area contributed by atoms with Crippen molar-refractivity contribution in [3.63, 3.8) is 0 Å². The summed E-state index contributed by atoms with van der Waals surface area (Å²) in [5.41, 5.74) is -1.11. The number of thioether (sulfide) groups is 1. The van der Waals surface area contributed by atoms with E-state index in [4.69, 9.17) is 4.42 Å². The number of H-pyrrole nitrogens is 1. The zero-order valence-corrected chi connectivity index (χ0v) is 15.0. The Bertz CT molecular complexity index is 1020. The molecular weight excluding hydrogens is 386 g/mol.